The molecular formula is C9H14BrN3. The van der Waals surface area contributed by atoms with Crippen molar-refractivity contribution in [3.05, 3.63) is 15.9 Å². The second kappa shape index (κ2) is 3.10. The zero-order chi connectivity index (χ0) is 9.59. The molecular weight excluding hydrogens is 230 g/mol. The molecule has 0 aromatic carbocycles. The summed E-state index contributed by atoms with van der Waals surface area (Å²) in [7, 11) is 1.95. The second-order valence-electron chi connectivity index (χ2n) is 3.77. The normalized spacial score (nSPS) is 19.1. The van der Waals surface area contributed by atoms with Gasteiger partial charge >= 0.3 is 0 Å². The van der Waals surface area contributed by atoms with Gasteiger partial charge in [0.1, 0.15) is 0 Å². The predicted octanol–water partition coefficient (Wildman–Crippen LogP) is 1.90. The Morgan fingerprint density at radius 1 is 1.62 bits per heavy atom. The fourth-order valence-corrected chi connectivity index (χ4v) is 2.29. The van der Waals surface area contributed by atoms with Crippen LogP contribution in [-0.4, -0.2) is 9.78 Å². The van der Waals surface area contributed by atoms with Crippen LogP contribution in [0.25, 0.3) is 0 Å². The molecule has 1 unspecified atom stereocenters. The highest BCUT2D eigenvalue weighted by Crippen LogP contribution is 2.41. The molecule has 3 nitrogen and oxygen atoms in total. The molecule has 1 aromatic heterocycles. The molecule has 0 spiro atoms. The van der Waals surface area contributed by atoms with Crippen LogP contribution in [0.2, 0.25) is 0 Å². The second-order valence-corrected chi connectivity index (χ2v) is 4.56. The fraction of sp³-hybridized carbons (Fsp3) is 0.667. The van der Waals surface area contributed by atoms with E-state index in [9.17, 15) is 0 Å². The third-order valence-corrected chi connectivity index (χ3v) is 3.62. The number of hydrogen-bond acceptors (Lipinski definition) is 2. The number of aromatic nitrogens is 2. The van der Waals surface area contributed by atoms with Crippen LogP contribution in [0.5, 0.6) is 0 Å². The van der Waals surface area contributed by atoms with E-state index in [0.717, 1.165) is 15.9 Å². The van der Waals surface area contributed by atoms with E-state index >= 15 is 0 Å². The van der Waals surface area contributed by atoms with E-state index < -0.39 is 0 Å². The molecule has 1 fully saturated rings. The molecule has 1 aliphatic rings. The number of nitrogens with zero attached hydrogens (tertiary/aromatic N) is 2. The molecule has 1 atom stereocenters. The quantitative estimate of drug-likeness (QED) is 0.863. The Bertz CT molecular complexity index is 328. The molecule has 2 rings (SSSR count). The summed E-state index contributed by atoms with van der Waals surface area (Å²) in [6, 6.07) is 0.153. The summed E-state index contributed by atoms with van der Waals surface area (Å²) >= 11 is 3.53. The third kappa shape index (κ3) is 1.53. The standard InChI is InChI=1S/C9H14BrN3/c1-5-7(10)9(13(2)12-5)8(11)6-3-4-6/h6,8H,3-4,11H2,1-2H3. The number of rotatable bonds is 2. The van der Waals surface area contributed by atoms with Gasteiger partial charge in [0.15, 0.2) is 0 Å². The van der Waals surface area contributed by atoms with Gasteiger partial charge in [0.25, 0.3) is 0 Å². The van der Waals surface area contributed by atoms with Gasteiger partial charge in [0.2, 0.25) is 0 Å². The topological polar surface area (TPSA) is 43.8 Å². The average molecular weight is 244 g/mol. The average Bonchev–Trinajstić information content (AvgIpc) is 2.82. The minimum absolute atomic E-state index is 0.153. The molecule has 1 aromatic rings. The minimum Gasteiger partial charge on any atom is -0.322 e. The highest BCUT2D eigenvalue weighted by Gasteiger charge is 2.33. The van der Waals surface area contributed by atoms with Crippen LogP contribution in [0.15, 0.2) is 4.47 Å². The molecule has 0 aliphatic heterocycles. The SMILES string of the molecule is Cc1nn(C)c(C(N)C2CC2)c1Br. The fourth-order valence-electron chi connectivity index (χ4n) is 1.69. The van der Waals surface area contributed by atoms with Gasteiger partial charge in [-0.05, 0) is 41.6 Å². The van der Waals surface area contributed by atoms with Crippen molar-refractivity contribution >= 4 is 15.9 Å². The molecule has 0 saturated heterocycles. The van der Waals surface area contributed by atoms with E-state index in [2.05, 4.69) is 21.0 Å². The lowest BCUT2D eigenvalue weighted by atomic mass is 10.1. The summed E-state index contributed by atoms with van der Waals surface area (Å²) < 4.78 is 2.97. The maximum absolute atomic E-state index is 6.12. The first kappa shape index (κ1) is 9.21. The molecule has 0 amide bonds. The summed E-state index contributed by atoms with van der Waals surface area (Å²) in [6.07, 6.45) is 2.52. The summed E-state index contributed by atoms with van der Waals surface area (Å²) in [6.45, 7) is 1.99. The van der Waals surface area contributed by atoms with Crippen molar-refractivity contribution in [3.8, 4) is 0 Å². The number of halogens is 1. The van der Waals surface area contributed by atoms with Crippen LogP contribution in [0.3, 0.4) is 0 Å². The van der Waals surface area contributed by atoms with Crippen molar-refractivity contribution in [1.29, 1.82) is 0 Å². The van der Waals surface area contributed by atoms with E-state index in [-0.39, 0.29) is 6.04 Å². The smallest absolute Gasteiger partial charge is 0.0739 e. The first-order chi connectivity index (χ1) is 6.11. The highest BCUT2D eigenvalue weighted by atomic mass is 79.9. The Morgan fingerprint density at radius 3 is 2.62 bits per heavy atom. The monoisotopic (exact) mass is 243 g/mol. The number of hydrogen-bond donors (Lipinski definition) is 1. The lowest BCUT2D eigenvalue weighted by Crippen LogP contribution is -2.16. The Kier molecular flexibility index (Phi) is 2.20. The number of aryl methyl sites for hydroxylation is 2. The molecule has 0 bridgehead atoms. The third-order valence-electron chi connectivity index (χ3n) is 2.64. The van der Waals surface area contributed by atoms with E-state index in [0.29, 0.717) is 5.92 Å². The van der Waals surface area contributed by atoms with Crippen molar-refractivity contribution in [2.75, 3.05) is 0 Å². The highest BCUT2D eigenvalue weighted by molar-refractivity contribution is 9.10. The first-order valence-corrected chi connectivity index (χ1v) is 5.35. The van der Waals surface area contributed by atoms with Crippen LogP contribution in [-0.2, 0) is 7.05 Å². The van der Waals surface area contributed by atoms with Crippen molar-refractivity contribution in [1.82, 2.24) is 9.78 Å². The maximum atomic E-state index is 6.12. The Morgan fingerprint density at radius 2 is 2.23 bits per heavy atom. The lowest BCUT2D eigenvalue weighted by molar-refractivity contribution is 0.563. The Labute approximate surface area is 86.4 Å². The van der Waals surface area contributed by atoms with Crippen molar-refractivity contribution < 1.29 is 0 Å². The molecule has 4 heteroatoms. The zero-order valence-electron chi connectivity index (χ0n) is 7.92. The molecule has 0 radical (unpaired) electrons. The largest absolute Gasteiger partial charge is 0.322 e. The molecule has 13 heavy (non-hydrogen) atoms. The molecule has 72 valence electrons. The van der Waals surface area contributed by atoms with E-state index in [1.165, 1.54) is 12.8 Å². The van der Waals surface area contributed by atoms with Crippen molar-refractivity contribution in [3.63, 3.8) is 0 Å². The van der Waals surface area contributed by atoms with E-state index in [1.807, 2.05) is 18.7 Å². The van der Waals surface area contributed by atoms with Crippen molar-refractivity contribution in [2.45, 2.75) is 25.8 Å². The molecule has 1 saturated carbocycles. The van der Waals surface area contributed by atoms with Gasteiger partial charge in [0, 0.05) is 7.05 Å². The van der Waals surface area contributed by atoms with Gasteiger partial charge in [-0.25, -0.2) is 0 Å². The van der Waals surface area contributed by atoms with Gasteiger partial charge in [-0.1, -0.05) is 0 Å². The van der Waals surface area contributed by atoms with Crippen LogP contribution >= 0.6 is 15.9 Å². The van der Waals surface area contributed by atoms with Gasteiger partial charge in [0.05, 0.1) is 21.9 Å². The summed E-state index contributed by atoms with van der Waals surface area (Å²) in [5, 5.41) is 4.33. The van der Waals surface area contributed by atoms with Crippen molar-refractivity contribution in [2.24, 2.45) is 18.7 Å². The minimum atomic E-state index is 0.153. The van der Waals surface area contributed by atoms with Crippen LogP contribution in [0, 0.1) is 12.8 Å². The zero-order valence-corrected chi connectivity index (χ0v) is 9.50. The van der Waals surface area contributed by atoms with Gasteiger partial charge in [-0.3, -0.25) is 4.68 Å². The Balaban J connectivity index is 2.36. The predicted molar refractivity (Wildman–Crippen MR) is 55.3 cm³/mol. The van der Waals surface area contributed by atoms with Crippen LogP contribution in [0.1, 0.15) is 30.3 Å². The molecule has 2 N–H and O–H groups in total. The van der Waals surface area contributed by atoms with Crippen LogP contribution < -0.4 is 5.73 Å². The summed E-state index contributed by atoms with van der Waals surface area (Å²) in [4.78, 5) is 0. The summed E-state index contributed by atoms with van der Waals surface area (Å²) in [5.74, 6) is 0.672. The Hall–Kier alpha value is -0.350. The summed E-state index contributed by atoms with van der Waals surface area (Å²) in [5.41, 5.74) is 8.29. The van der Waals surface area contributed by atoms with E-state index in [1.54, 1.807) is 0 Å². The number of nitrogens with two attached hydrogens (primary N) is 1. The van der Waals surface area contributed by atoms with Gasteiger partial charge in [-0.15, -0.1) is 0 Å². The van der Waals surface area contributed by atoms with Gasteiger partial charge in [-0.2, -0.15) is 5.10 Å². The van der Waals surface area contributed by atoms with E-state index in [4.69, 9.17) is 5.73 Å². The molecule has 1 heterocycles. The molecule has 1 aliphatic carbocycles. The van der Waals surface area contributed by atoms with Gasteiger partial charge < -0.3 is 5.73 Å². The first-order valence-electron chi connectivity index (χ1n) is 4.56. The maximum Gasteiger partial charge on any atom is 0.0739 e. The van der Waals surface area contributed by atoms with Crippen LogP contribution in [0.4, 0.5) is 0 Å². The lowest BCUT2D eigenvalue weighted by Gasteiger charge is -2.11.